The summed E-state index contributed by atoms with van der Waals surface area (Å²) in [4.78, 5) is 2.19. The Morgan fingerprint density at radius 3 is 2.50 bits per heavy atom. The molecule has 0 aromatic heterocycles. The molecule has 0 aliphatic heterocycles. The monoisotopic (exact) mass is 298 g/mol. The van der Waals surface area contributed by atoms with Gasteiger partial charge in [-0.3, -0.25) is 0 Å². The van der Waals surface area contributed by atoms with Gasteiger partial charge in [-0.1, -0.05) is 17.7 Å². The van der Waals surface area contributed by atoms with E-state index in [4.69, 9.17) is 16.7 Å². The third-order valence-electron chi connectivity index (χ3n) is 3.14. The van der Waals surface area contributed by atoms with Crippen LogP contribution in [0.2, 0.25) is 5.02 Å². The molecule has 20 heavy (non-hydrogen) atoms. The quantitative estimate of drug-likeness (QED) is 0.809. The number of aliphatic hydroxyl groups excluding tert-OH is 1. The van der Waals surface area contributed by atoms with Crippen LogP contribution < -0.4 is 10.2 Å². The summed E-state index contributed by atoms with van der Waals surface area (Å²) in [6, 6.07) is 6.21. The highest BCUT2D eigenvalue weighted by atomic mass is 35.5. The molecule has 1 aromatic carbocycles. The molecule has 0 unspecified atom stereocenters. The molecule has 3 nitrogen and oxygen atoms in total. The zero-order valence-electron chi connectivity index (χ0n) is 13.0. The van der Waals surface area contributed by atoms with Crippen molar-refractivity contribution in [2.24, 2.45) is 0 Å². The van der Waals surface area contributed by atoms with Gasteiger partial charge in [0.15, 0.2) is 0 Å². The maximum absolute atomic E-state index is 8.95. The highest BCUT2D eigenvalue weighted by Crippen LogP contribution is 2.27. The maximum Gasteiger partial charge on any atom is 0.0642 e. The van der Waals surface area contributed by atoms with Gasteiger partial charge in [-0.15, -0.1) is 0 Å². The number of hydrogen-bond donors (Lipinski definition) is 2. The molecule has 0 amide bonds. The molecule has 0 spiro atoms. The van der Waals surface area contributed by atoms with Gasteiger partial charge in [0.1, 0.15) is 0 Å². The number of rotatable bonds is 7. The Balaban J connectivity index is 2.76. The topological polar surface area (TPSA) is 35.5 Å². The summed E-state index contributed by atoms with van der Waals surface area (Å²) in [5.41, 5.74) is 2.33. The van der Waals surface area contributed by atoms with E-state index >= 15 is 0 Å². The van der Waals surface area contributed by atoms with E-state index in [0.717, 1.165) is 36.8 Å². The Hall–Kier alpha value is -0.770. The summed E-state index contributed by atoms with van der Waals surface area (Å²) in [7, 11) is 0. The number of hydrogen-bond acceptors (Lipinski definition) is 3. The van der Waals surface area contributed by atoms with Crippen LogP contribution in [-0.4, -0.2) is 30.3 Å². The zero-order chi connectivity index (χ0) is 15.2. The van der Waals surface area contributed by atoms with Gasteiger partial charge in [0.05, 0.1) is 10.7 Å². The van der Waals surface area contributed by atoms with Crippen LogP contribution in [0.25, 0.3) is 0 Å². The fourth-order valence-electron chi connectivity index (χ4n) is 1.99. The first-order valence-corrected chi connectivity index (χ1v) is 7.64. The van der Waals surface area contributed by atoms with Crippen molar-refractivity contribution < 1.29 is 5.11 Å². The second-order valence-electron chi connectivity index (χ2n) is 6.05. The molecular weight excluding hydrogens is 272 g/mol. The molecule has 0 heterocycles. The van der Waals surface area contributed by atoms with Crippen molar-refractivity contribution in [1.29, 1.82) is 0 Å². The van der Waals surface area contributed by atoms with Crippen molar-refractivity contribution in [2.45, 2.75) is 46.2 Å². The minimum Gasteiger partial charge on any atom is -0.396 e. The molecule has 0 atom stereocenters. The Morgan fingerprint density at radius 2 is 2.00 bits per heavy atom. The van der Waals surface area contributed by atoms with Gasteiger partial charge in [-0.25, -0.2) is 0 Å². The zero-order valence-corrected chi connectivity index (χ0v) is 13.8. The molecule has 0 fully saturated rings. The molecule has 0 radical (unpaired) electrons. The van der Waals surface area contributed by atoms with Crippen LogP contribution in [-0.2, 0) is 6.54 Å². The lowest BCUT2D eigenvalue weighted by Gasteiger charge is -2.25. The SMILES string of the molecule is CCN(CCCO)c1ccc(CNC(C)(C)C)cc1Cl. The Labute approximate surface area is 127 Å². The van der Waals surface area contributed by atoms with E-state index in [9.17, 15) is 0 Å². The minimum atomic E-state index is 0.0989. The molecule has 0 aliphatic carbocycles. The smallest absolute Gasteiger partial charge is 0.0642 e. The van der Waals surface area contributed by atoms with Crippen molar-refractivity contribution in [3.8, 4) is 0 Å². The van der Waals surface area contributed by atoms with Crippen LogP contribution in [0.4, 0.5) is 5.69 Å². The lowest BCUT2D eigenvalue weighted by molar-refractivity contribution is 0.289. The molecule has 2 N–H and O–H groups in total. The largest absolute Gasteiger partial charge is 0.396 e. The standard InChI is InChI=1S/C16H27ClN2O/c1-5-19(9-6-10-20)15-8-7-13(11-14(15)17)12-18-16(2,3)4/h7-8,11,18,20H,5-6,9-10,12H2,1-4H3. The second kappa shape index (κ2) is 7.87. The van der Waals surface area contributed by atoms with E-state index in [2.05, 4.69) is 50.0 Å². The molecule has 0 aliphatic rings. The molecule has 0 bridgehead atoms. The fraction of sp³-hybridized carbons (Fsp3) is 0.625. The number of aliphatic hydroxyl groups is 1. The van der Waals surface area contributed by atoms with E-state index in [1.807, 2.05) is 6.07 Å². The van der Waals surface area contributed by atoms with Crippen molar-refractivity contribution in [2.75, 3.05) is 24.6 Å². The van der Waals surface area contributed by atoms with Gasteiger partial charge >= 0.3 is 0 Å². The Morgan fingerprint density at radius 1 is 1.30 bits per heavy atom. The third kappa shape index (κ3) is 5.70. The predicted molar refractivity (Wildman–Crippen MR) is 87.6 cm³/mol. The molecule has 0 saturated heterocycles. The number of nitrogens with zero attached hydrogens (tertiary/aromatic N) is 1. The highest BCUT2D eigenvalue weighted by Gasteiger charge is 2.11. The van der Waals surface area contributed by atoms with Crippen LogP contribution in [0.1, 0.15) is 39.7 Å². The van der Waals surface area contributed by atoms with Crippen LogP contribution >= 0.6 is 11.6 Å². The first-order valence-electron chi connectivity index (χ1n) is 7.26. The minimum absolute atomic E-state index is 0.0989. The summed E-state index contributed by atoms with van der Waals surface area (Å²) in [5.74, 6) is 0. The van der Waals surface area contributed by atoms with Crippen molar-refractivity contribution in [3.05, 3.63) is 28.8 Å². The van der Waals surface area contributed by atoms with E-state index in [1.165, 1.54) is 5.56 Å². The molecule has 4 heteroatoms. The third-order valence-corrected chi connectivity index (χ3v) is 3.45. The van der Waals surface area contributed by atoms with Gasteiger partial charge in [0, 0.05) is 31.8 Å². The lowest BCUT2D eigenvalue weighted by Crippen LogP contribution is -2.35. The average Bonchev–Trinajstić information content (AvgIpc) is 2.38. The van der Waals surface area contributed by atoms with Crippen molar-refractivity contribution >= 4 is 17.3 Å². The van der Waals surface area contributed by atoms with E-state index < -0.39 is 0 Å². The van der Waals surface area contributed by atoms with Crippen LogP contribution in [0.5, 0.6) is 0 Å². The normalized spacial score (nSPS) is 11.7. The van der Waals surface area contributed by atoms with Crippen molar-refractivity contribution in [1.82, 2.24) is 5.32 Å². The van der Waals surface area contributed by atoms with Crippen LogP contribution in [0, 0.1) is 0 Å². The van der Waals surface area contributed by atoms with Crippen LogP contribution in [0.15, 0.2) is 18.2 Å². The summed E-state index contributed by atoms with van der Waals surface area (Å²) in [6.45, 7) is 11.3. The highest BCUT2D eigenvalue weighted by molar-refractivity contribution is 6.33. The Bertz CT molecular complexity index is 415. The van der Waals surface area contributed by atoms with E-state index in [1.54, 1.807) is 0 Å². The summed E-state index contributed by atoms with van der Waals surface area (Å²) < 4.78 is 0. The van der Waals surface area contributed by atoms with Crippen LogP contribution in [0.3, 0.4) is 0 Å². The van der Waals surface area contributed by atoms with Gasteiger partial charge in [0.2, 0.25) is 0 Å². The maximum atomic E-state index is 8.95. The summed E-state index contributed by atoms with van der Waals surface area (Å²) in [6.07, 6.45) is 0.761. The molecular formula is C16H27ClN2O. The molecule has 0 saturated carbocycles. The van der Waals surface area contributed by atoms with E-state index in [-0.39, 0.29) is 12.1 Å². The average molecular weight is 299 g/mol. The number of halogens is 1. The van der Waals surface area contributed by atoms with Gasteiger partial charge in [-0.2, -0.15) is 0 Å². The number of nitrogens with one attached hydrogen (secondary N) is 1. The first kappa shape index (κ1) is 17.3. The van der Waals surface area contributed by atoms with Crippen molar-refractivity contribution in [3.63, 3.8) is 0 Å². The fourth-order valence-corrected chi connectivity index (χ4v) is 2.32. The molecule has 114 valence electrons. The molecule has 1 aromatic rings. The lowest BCUT2D eigenvalue weighted by atomic mass is 10.1. The summed E-state index contributed by atoms with van der Waals surface area (Å²) in [5, 5.41) is 13.2. The van der Waals surface area contributed by atoms with Gasteiger partial charge < -0.3 is 15.3 Å². The predicted octanol–water partition coefficient (Wildman–Crippen LogP) is 3.44. The van der Waals surface area contributed by atoms with E-state index in [0.29, 0.717) is 0 Å². The van der Waals surface area contributed by atoms with Gasteiger partial charge in [0.25, 0.3) is 0 Å². The second-order valence-corrected chi connectivity index (χ2v) is 6.45. The number of benzene rings is 1. The summed E-state index contributed by atoms with van der Waals surface area (Å²) >= 11 is 6.40. The molecule has 1 rings (SSSR count). The van der Waals surface area contributed by atoms with Gasteiger partial charge in [-0.05, 0) is 51.8 Å². The Kier molecular flexibility index (Phi) is 6.80. The number of anilines is 1. The first-order chi connectivity index (χ1) is 9.37.